The van der Waals surface area contributed by atoms with Gasteiger partial charge in [-0.15, -0.1) is 0 Å². The third kappa shape index (κ3) is 2.10. The standard InChI is InChI=1S/C7H11O/c1-6(8)2-3-7-4-5-7/h7H,1-5H2. The highest BCUT2D eigenvalue weighted by molar-refractivity contribution is 5.82. The van der Waals surface area contributed by atoms with E-state index in [0.29, 0.717) is 6.42 Å². The van der Waals surface area contributed by atoms with E-state index in [2.05, 4.69) is 6.92 Å². The van der Waals surface area contributed by atoms with Crippen molar-refractivity contribution in [1.82, 2.24) is 0 Å². The molecule has 1 aliphatic rings. The van der Waals surface area contributed by atoms with Crippen molar-refractivity contribution >= 4 is 5.78 Å². The van der Waals surface area contributed by atoms with Crippen LogP contribution < -0.4 is 0 Å². The Morgan fingerprint density at radius 3 is 2.62 bits per heavy atom. The fraction of sp³-hybridized carbons (Fsp3) is 0.714. The predicted octanol–water partition coefficient (Wildman–Crippen LogP) is 1.58. The van der Waals surface area contributed by atoms with Crippen LogP contribution in [0.5, 0.6) is 0 Å². The van der Waals surface area contributed by atoms with Gasteiger partial charge >= 0.3 is 0 Å². The average Bonchev–Trinajstić information content (AvgIpc) is 2.41. The van der Waals surface area contributed by atoms with Crippen molar-refractivity contribution in [2.75, 3.05) is 0 Å². The number of carbonyl (C=O) groups excluding carboxylic acids is 1. The first-order chi connectivity index (χ1) is 3.79. The molecular weight excluding hydrogens is 100 g/mol. The number of Topliss-reactive ketones (excluding diaryl/α,β-unsaturated/α-hetero) is 1. The molecule has 1 saturated carbocycles. The van der Waals surface area contributed by atoms with Crippen molar-refractivity contribution in [3.8, 4) is 0 Å². The van der Waals surface area contributed by atoms with Crippen molar-refractivity contribution in [2.45, 2.75) is 25.7 Å². The maximum Gasteiger partial charge on any atom is 0.133 e. The summed E-state index contributed by atoms with van der Waals surface area (Å²) in [7, 11) is 0. The predicted molar refractivity (Wildman–Crippen MR) is 32.3 cm³/mol. The Kier molecular flexibility index (Phi) is 1.66. The van der Waals surface area contributed by atoms with Crippen LogP contribution in [0.4, 0.5) is 0 Å². The normalized spacial score (nSPS) is 18.6. The van der Waals surface area contributed by atoms with Gasteiger partial charge in [-0.3, -0.25) is 4.79 Å². The summed E-state index contributed by atoms with van der Waals surface area (Å²) in [4.78, 5) is 10.3. The molecule has 1 nitrogen and oxygen atoms in total. The van der Waals surface area contributed by atoms with Crippen molar-refractivity contribution in [3.63, 3.8) is 0 Å². The van der Waals surface area contributed by atoms with Crippen molar-refractivity contribution in [1.29, 1.82) is 0 Å². The highest BCUT2D eigenvalue weighted by Crippen LogP contribution is 2.33. The van der Waals surface area contributed by atoms with Crippen LogP contribution in [-0.2, 0) is 4.79 Å². The molecule has 0 N–H and O–H groups in total. The zero-order valence-corrected chi connectivity index (χ0v) is 5.02. The smallest absolute Gasteiger partial charge is 0.133 e. The molecule has 45 valence electrons. The Bertz CT molecular complexity index is 92.6. The zero-order chi connectivity index (χ0) is 5.98. The van der Waals surface area contributed by atoms with Gasteiger partial charge in [-0.1, -0.05) is 12.8 Å². The average molecular weight is 111 g/mol. The topological polar surface area (TPSA) is 17.1 Å². The summed E-state index contributed by atoms with van der Waals surface area (Å²) in [5, 5.41) is 0. The minimum absolute atomic E-state index is 0.0944. The molecule has 0 bridgehead atoms. The van der Waals surface area contributed by atoms with E-state index in [1.165, 1.54) is 12.8 Å². The van der Waals surface area contributed by atoms with Crippen LogP contribution in [-0.4, -0.2) is 5.78 Å². The number of rotatable bonds is 3. The molecule has 0 aromatic heterocycles. The molecule has 0 saturated heterocycles. The third-order valence-corrected chi connectivity index (χ3v) is 1.53. The first kappa shape index (κ1) is 5.80. The summed E-state index contributed by atoms with van der Waals surface area (Å²) in [6.07, 6.45) is 4.47. The molecule has 1 heteroatoms. The lowest BCUT2D eigenvalue weighted by atomic mass is 10.2. The summed E-state index contributed by atoms with van der Waals surface area (Å²) < 4.78 is 0. The third-order valence-electron chi connectivity index (χ3n) is 1.53. The second kappa shape index (κ2) is 2.29. The van der Waals surface area contributed by atoms with Gasteiger partial charge in [0.05, 0.1) is 0 Å². The zero-order valence-electron chi connectivity index (χ0n) is 5.02. The van der Waals surface area contributed by atoms with E-state index >= 15 is 0 Å². The van der Waals surface area contributed by atoms with Gasteiger partial charge in [-0.2, -0.15) is 0 Å². The molecule has 1 radical (unpaired) electrons. The maximum absolute atomic E-state index is 10.3. The number of hydrogen-bond acceptors (Lipinski definition) is 1. The second-order valence-electron chi connectivity index (χ2n) is 2.52. The van der Waals surface area contributed by atoms with Crippen LogP contribution in [0.25, 0.3) is 0 Å². The van der Waals surface area contributed by atoms with Crippen LogP contribution >= 0.6 is 0 Å². The van der Waals surface area contributed by atoms with E-state index < -0.39 is 0 Å². The van der Waals surface area contributed by atoms with Crippen LogP contribution in [0.1, 0.15) is 25.7 Å². The SMILES string of the molecule is [CH2]C(=O)CCC1CC1. The Morgan fingerprint density at radius 2 is 2.25 bits per heavy atom. The van der Waals surface area contributed by atoms with E-state index in [1.54, 1.807) is 0 Å². The van der Waals surface area contributed by atoms with Gasteiger partial charge in [0.25, 0.3) is 0 Å². The first-order valence-electron chi connectivity index (χ1n) is 3.14. The molecule has 1 rings (SSSR count). The fourth-order valence-electron chi connectivity index (χ4n) is 0.772. The van der Waals surface area contributed by atoms with Gasteiger partial charge in [0.15, 0.2) is 0 Å². The lowest BCUT2D eigenvalue weighted by Gasteiger charge is -1.88. The summed E-state index contributed by atoms with van der Waals surface area (Å²) >= 11 is 0. The largest absolute Gasteiger partial charge is 0.300 e. The number of ketones is 1. The van der Waals surface area contributed by atoms with Crippen LogP contribution in [0.15, 0.2) is 0 Å². The van der Waals surface area contributed by atoms with Gasteiger partial charge in [0.1, 0.15) is 5.78 Å². The van der Waals surface area contributed by atoms with Gasteiger partial charge < -0.3 is 0 Å². The molecule has 1 fully saturated rings. The Hall–Kier alpha value is -0.330. The molecule has 0 spiro atoms. The lowest BCUT2D eigenvalue weighted by Crippen LogP contribution is -1.89. The van der Waals surface area contributed by atoms with Gasteiger partial charge in [0.2, 0.25) is 0 Å². The highest BCUT2D eigenvalue weighted by atomic mass is 16.1. The molecule has 0 atom stereocenters. The van der Waals surface area contributed by atoms with Crippen molar-refractivity contribution in [2.24, 2.45) is 5.92 Å². The van der Waals surface area contributed by atoms with E-state index in [1.807, 2.05) is 0 Å². The van der Waals surface area contributed by atoms with Crippen LogP contribution in [0.2, 0.25) is 0 Å². The molecule has 8 heavy (non-hydrogen) atoms. The maximum atomic E-state index is 10.3. The Morgan fingerprint density at radius 1 is 1.62 bits per heavy atom. The minimum atomic E-state index is 0.0944. The molecule has 0 aromatic carbocycles. The van der Waals surface area contributed by atoms with Crippen LogP contribution in [0.3, 0.4) is 0 Å². The lowest BCUT2D eigenvalue weighted by molar-refractivity contribution is -0.115. The summed E-state index contributed by atoms with van der Waals surface area (Å²) in [5.41, 5.74) is 0. The van der Waals surface area contributed by atoms with E-state index in [0.717, 1.165) is 12.3 Å². The molecule has 0 unspecified atom stereocenters. The number of hydrogen-bond donors (Lipinski definition) is 0. The van der Waals surface area contributed by atoms with Gasteiger partial charge in [0, 0.05) is 13.3 Å². The molecule has 0 heterocycles. The molecule has 1 aliphatic carbocycles. The van der Waals surface area contributed by atoms with Crippen LogP contribution in [0, 0.1) is 12.8 Å². The molecule has 0 aromatic rings. The summed E-state index contributed by atoms with van der Waals surface area (Å²) in [5.74, 6) is 0.970. The Balaban J connectivity index is 1.95. The number of carbonyl (C=O) groups is 1. The first-order valence-corrected chi connectivity index (χ1v) is 3.14. The van der Waals surface area contributed by atoms with Gasteiger partial charge in [-0.25, -0.2) is 0 Å². The van der Waals surface area contributed by atoms with E-state index in [4.69, 9.17) is 0 Å². The molecular formula is C7H11O. The monoisotopic (exact) mass is 111 g/mol. The van der Waals surface area contributed by atoms with Crippen molar-refractivity contribution in [3.05, 3.63) is 6.92 Å². The highest BCUT2D eigenvalue weighted by Gasteiger charge is 2.20. The molecule has 0 aliphatic heterocycles. The fourth-order valence-corrected chi connectivity index (χ4v) is 0.772. The van der Waals surface area contributed by atoms with E-state index in [9.17, 15) is 4.79 Å². The minimum Gasteiger partial charge on any atom is -0.300 e. The van der Waals surface area contributed by atoms with E-state index in [-0.39, 0.29) is 5.78 Å². The van der Waals surface area contributed by atoms with Crippen molar-refractivity contribution < 1.29 is 4.79 Å². The second-order valence-corrected chi connectivity index (χ2v) is 2.52. The van der Waals surface area contributed by atoms with Gasteiger partial charge in [-0.05, 0) is 12.3 Å². The summed E-state index contributed by atoms with van der Waals surface area (Å²) in [6, 6.07) is 0. The quantitative estimate of drug-likeness (QED) is 0.540. The Labute approximate surface area is 50.1 Å². The summed E-state index contributed by atoms with van der Waals surface area (Å²) in [6.45, 7) is 3.30. The molecule has 0 amide bonds.